The summed E-state index contributed by atoms with van der Waals surface area (Å²) < 4.78 is 4.99. The fraction of sp³-hybridized carbons (Fsp3) is 0.571. The summed E-state index contributed by atoms with van der Waals surface area (Å²) in [6, 6.07) is 0. The zero-order valence-electron chi connectivity index (χ0n) is 10.9. The Hall–Kier alpha value is -1.16. The van der Waals surface area contributed by atoms with Crippen molar-refractivity contribution in [3.63, 3.8) is 0 Å². The number of aromatic nitrogens is 1. The molecule has 0 aromatic carbocycles. The van der Waals surface area contributed by atoms with E-state index in [4.69, 9.17) is 4.74 Å². The third-order valence-corrected chi connectivity index (χ3v) is 4.09. The largest absolute Gasteiger partial charge is 0.466 e. The lowest BCUT2D eigenvalue weighted by Gasteiger charge is -2.20. The predicted molar refractivity (Wildman–Crippen MR) is 73.4 cm³/mol. The summed E-state index contributed by atoms with van der Waals surface area (Å²) >= 11 is 1.69. The second kappa shape index (κ2) is 6.14. The maximum atomic E-state index is 11.4. The molecule has 0 saturated carbocycles. The van der Waals surface area contributed by atoms with Crippen LogP contribution in [0.1, 0.15) is 43.2 Å². The van der Waals surface area contributed by atoms with Crippen molar-refractivity contribution < 1.29 is 9.53 Å². The molecule has 1 heterocycles. The molecule has 4 heteroatoms. The minimum Gasteiger partial charge on any atom is -0.466 e. The quantitative estimate of drug-likeness (QED) is 0.781. The number of rotatable bonds is 4. The SMILES string of the molecule is CCOC(=O)CC1CC=C(c2ncsc2C)CC1. The molecular formula is C14H19NO2S. The number of thiazole rings is 1. The Kier molecular flexibility index (Phi) is 4.53. The number of ether oxygens (including phenoxy) is 1. The molecular weight excluding hydrogens is 246 g/mol. The van der Waals surface area contributed by atoms with Crippen LogP contribution < -0.4 is 0 Å². The van der Waals surface area contributed by atoms with Crippen LogP contribution in [0.5, 0.6) is 0 Å². The minimum absolute atomic E-state index is 0.0656. The van der Waals surface area contributed by atoms with Gasteiger partial charge in [0.15, 0.2) is 0 Å². The van der Waals surface area contributed by atoms with Gasteiger partial charge in [0.25, 0.3) is 0 Å². The highest BCUT2D eigenvalue weighted by molar-refractivity contribution is 7.09. The van der Waals surface area contributed by atoms with Gasteiger partial charge in [0.05, 0.1) is 17.8 Å². The average molecular weight is 265 g/mol. The number of aryl methyl sites for hydroxylation is 1. The van der Waals surface area contributed by atoms with Crippen molar-refractivity contribution in [3.05, 3.63) is 22.2 Å². The van der Waals surface area contributed by atoms with E-state index in [0.717, 1.165) is 25.0 Å². The lowest BCUT2D eigenvalue weighted by atomic mass is 9.86. The van der Waals surface area contributed by atoms with E-state index in [-0.39, 0.29) is 5.97 Å². The molecule has 0 fully saturated rings. The summed E-state index contributed by atoms with van der Waals surface area (Å²) in [5.41, 5.74) is 4.39. The van der Waals surface area contributed by atoms with Crippen molar-refractivity contribution >= 4 is 22.9 Å². The Morgan fingerprint density at radius 3 is 3.00 bits per heavy atom. The van der Waals surface area contributed by atoms with E-state index in [2.05, 4.69) is 18.0 Å². The van der Waals surface area contributed by atoms with E-state index in [1.54, 1.807) is 11.3 Å². The van der Waals surface area contributed by atoms with Crippen LogP contribution in [0.3, 0.4) is 0 Å². The lowest BCUT2D eigenvalue weighted by Crippen LogP contribution is -2.13. The van der Waals surface area contributed by atoms with Gasteiger partial charge in [-0.15, -0.1) is 11.3 Å². The standard InChI is InChI=1S/C14H19NO2S/c1-3-17-13(16)8-11-4-6-12(7-5-11)14-10(2)18-9-15-14/h6,9,11H,3-5,7-8H2,1-2H3. The number of nitrogens with zero attached hydrogens (tertiary/aromatic N) is 1. The number of carbonyl (C=O) groups excluding carboxylic acids is 1. The van der Waals surface area contributed by atoms with Crippen LogP contribution >= 0.6 is 11.3 Å². The summed E-state index contributed by atoms with van der Waals surface area (Å²) in [6.45, 7) is 4.44. The molecule has 1 aromatic rings. The molecule has 0 N–H and O–H groups in total. The smallest absolute Gasteiger partial charge is 0.306 e. The van der Waals surface area contributed by atoms with Gasteiger partial charge in [0.2, 0.25) is 0 Å². The minimum atomic E-state index is -0.0656. The van der Waals surface area contributed by atoms with Gasteiger partial charge in [-0.1, -0.05) is 6.08 Å². The van der Waals surface area contributed by atoms with Crippen LogP contribution in [0.25, 0.3) is 5.57 Å². The van der Waals surface area contributed by atoms with Gasteiger partial charge in [-0.2, -0.15) is 0 Å². The first kappa shape index (κ1) is 13.3. The maximum Gasteiger partial charge on any atom is 0.306 e. The molecule has 98 valence electrons. The Labute approximate surface area is 112 Å². The van der Waals surface area contributed by atoms with Gasteiger partial charge in [-0.05, 0) is 44.6 Å². The molecule has 0 aliphatic heterocycles. The molecule has 1 aliphatic rings. The molecule has 1 unspecified atom stereocenters. The van der Waals surface area contributed by atoms with E-state index >= 15 is 0 Å². The first-order chi connectivity index (χ1) is 8.70. The third-order valence-electron chi connectivity index (χ3n) is 3.33. The van der Waals surface area contributed by atoms with Crippen LogP contribution in [-0.4, -0.2) is 17.6 Å². The Balaban J connectivity index is 1.92. The summed E-state index contributed by atoms with van der Waals surface area (Å²) in [4.78, 5) is 17.1. The summed E-state index contributed by atoms with van der Waals surface area (Å²) in [7, 11) is 0. The van der Waals surface area contributed by atoms with E-state index in [0.29, 0.717) is 18.9 Å². The van der Waals surface area contributed by atoms with Crippen molar-refractivity contribution in [2.24, 2.45) is 5.92 Å². The topological polar surface area (TPSA) is 39.2 Å². The zero-order valence-corrected chi connectivity index (χ0v) is 11.8. The van der Waals surface area contributed by atoms with Crippen LogP contribution in [0.2, 0.25) is 0 Å². The van der Waals surface area contributed by atoms with Crippen molar-refractivity contribution in [1.29, 1.82) is 0 Å². The molecule has 18 heavy (non-hydrogen) atoms. The number of hydrogen-bond acceptors (Lipinski definition) is 4. The summed E-state index contributed by atoms with van der Waals surface area (Å²) in [6.07, 6.45) is 5.84. The van der Waals surface area contributed by atoms with Gasteiger partial charge in [-0.25, -0.2) is 4.98 Å². The van der Waals surface area contributed by atoms with E-state index < -0.39 is 0 Å². The number of esters is 1. The summed E-state index contributed by atoms with van der Waals surface area (Å²) in [5.74, 6) is 0.371. The first-order valence-corrected chi connectivity index (χ1v) is 7.33. The summed E-state index contributed by atoms with van der Waals surface area (Å²) in [5, 5.41) is 0. The monoisotopic (exact) mass is 265 g/mol. The van der Waals surface area contributed by atoms with E-state index in [9.17, 15) is 4.79 Å². The fourth-order valence-corrected chi connectivity index (χ4v) is 2.97. The van der Waals surface area contributed by atoms with Crippen LogP contribution in [0, 0.1) is 12.8 Å². The zero-order chi connectivity index (χ0) is 13.0. The highest BCUT2D eigenvalue weighted by Crippen LogP contribution is 2.33. The molecule has 1 atom stereocenters. The molecule has 3 nitrogen and oxygen atoms in total. The average Bonchev–Trinajstić information content (AvgIpc) is 2.77. The Morgan fingerprint density at radius 2 is 2.44 bits per heavy atom. The fourth-order valence-electron chi connectivity index (χ4n) is 2.36. The molecule has 1 aliphatic carbocycles. The first-order valence-electron chi connectivity index (χ1n) is 6.45. The molecule has 0 radical (unpaired) electrons. The number of allylic oxidation sites excluding steroid dienone is 2. The van der Waals surface area contributed by atoms with Crippen molar-refractivity contribution in [2.45, 2.75) is 39.5 Å². The highest BCUT2D eigenvalue weighted by Gasteiger charge is 2.20. The molecule has 2 rings (SSSR count). The Morgan fingerprint density at radius 1 is 1.61 bits per heavy atom. The highest BCUT2D eigenvalue weighted by atomic mass is 32.1. The molecule has 0 bridgehead atoms. The molecule has 0 amide bonds. The second-order valence-electron chi connectivity index (χ2n) is 4.64. The lowest BCUT2D eigenvalue weighted by molar-refractivity contribution is -0.144. The molecule has 0 saturated heterocycles. The van der Waals surface area contributed by atoms with E-state index in [1.807, 2.05) is 12.4 Å². The number of carbonyl (C=O) groups is 1. The maximum absolute atomic E-state index is 11.4. The second-order valence-corrected chi connectivity index (χ2v) is 5.69. The molecule has 1 aromatic heterocycles. The van der Waals surface area contributed by atoms with Gasteiger partial charge < -0.3 is 4.74 Å². The van der Waals surface area contributed by atoms with Crippen LogP contribution in [0.4, 0.5) is 0 Å². The van der Waals surface area contributed by atoms with Gasteiger partial charge >= 0.3 is 5.97 Å². The van der Waals surface area contributed by atoms with E-state index in [1.165, 1.54) is 10.5 Å². The molecule has 0 spiro atoms. The normalized spacial score (nSPS) is 19.4. The van der Waals surface area contributed by atoms with Crippen molar-refractivity contribution in [3.8, 4) is 0 Å². The van der Waals surface area contributed by atoms with Crippen molar-refractivity contribution in [2.75, 3.05) is 6.61 Å². The van der Waals surface area contributed by atoms with Crippen LogP contribution in [0.15, 0.2) is 11.6 Å². The van der Waals surface area contributed by atoms with Crippen molar-refractivity contribution in [1.82, 2.24) is 4.98 Å². The third kappa shape index (κ3) is 3.19. The Bertz CT molecular complexity index is 450. The van der Waals surface area contributed by atoms with Crippen LogP contribution in [-0.2, 0) is 9.53 Å². The van der Waals surface area contributed by atoms with Gasteiger partial charge in [0.1, 0.15) is 0 Å². The van der Waals surface area contributed by atoms with Gasteiger partial charge in [0, 0.05) is 11.3 Å². The van der Waals surface area contributed by atoms with Gasteiger partial charge in [-0.3, -0.25) is 4.79 Å². The predicted octanol–water partition coefficient (Wildman–Crippen LogP) is 3.59. The number of hydrogen-bond donors (Lipinski definition) is 0.